The van der Waals surface area contributed by atoms with Gasteiger partial charge in [-0.05, 0) is 43.9 Å². The van der Waals surface area contributed by atoms with E-state index >= 15 is 0 Å². The third kappa shape index (κ3) is 4.05. The minimum atomic E-state index is 0.854. The number of hydrogen-bond donors (Lipinski definition) is 1. The number of thiazole rings is 1. The van der Waals surface area contributed by atoms with Crippen LogP contribution in [0.5, 0.6) is 0 Å². The van der Waals surface area contributed by atoms with Crippen molar-refractivity contribution in [3.8, 4) is 0 Å². The maximum Gasteiger partial charge on any atom is 0.107 e. The molecule has 0 radical (unpaired) electrons. The zero-order chi connectivity index (χ0) is 14.5. The lowest BCUT2D eigenvalue weighted by Crippen LogP contribution is -2.29. The van der Waals surface area contributed by atoms with E-state index in [1.807, 2.05) is 6.20 Å². The Balaban J connectivity index is 1.49. The standard InChI is InChI=1S/C17H23N3S/c1-14-11-19-17(21-14)13-18-12-15-5-7-16(8-6-15)20-9-3-2-4-10-20/h5-8,11,18H,2-4,9-10,12-13H2,1H3. The van der Waals surface area contributed by atoms with E-state index in [1.54, 1.807) is 11.3 Å². The van der Waals surface area contributed by atoms with Crippen molar-refractivity contribution in [2.45, 2.75) is 39.3 Å². The molecule has 0 aliphatic carbocycles. The monoisotopic (exact) mass is 301 g/mol. The molecule has 1 aliphatic heterocycles. The van der Waals surface area contributed by atoms with E-state index in [0.29, 0.717) is 0 Å². The molecule has 3 nitrogen and oxygen atoms in total. The molecular weight excluding hydrogens is 278 g/mol. The molecule has 1 aromatic heterocycles. The summed E-state index contributed by atoms with van der Waals surface area (Å²) in [6.07, 6.45) is 5.98. The zero-order valence-corrected chi connectivity index (χ0v) is 13.5. The molecule has 0 amide bonds. The van der Waals surface area contributed by atoms with Gasteiger partial charge in [0.15, 0.2) is 0 Å². The van der Waals surface area contributed by atoms with Gasteiger partial charge in [-0.1, -0.05) is 12.1 Å². The van der Waals surface area contributed by atoms with Crippen molar-refractivity contribution in [1.29, 1.82) is 0 Å². The van der Waals surface area contributed by atoms with Crippen molar-refractivity contribution >= 4 is 17.0 Å². The molecule has 1 N–H and O–H groups in total. The van der Waals surface area contributed by atoms with Crippen LogP contribution in [0, 0.1) is 6.92 Å². The highest BCUT2D eigenvalue weighted by atomic mass is 32.1. The molecule has 3 rings (SSSR count). The number of nitrogens with one attached hydrogen (secondary N) is 1. The first-order valence-corrected chi connectivity index (χ1v) is 8.59. The van der Waals surface area contributed by atoms with Gasteiger partial charge in [0.25, 0.3) is 0 Å². The molecule has 1 fully saturated rings. The summed E-state index contributed by atoms with van der Waals surface area (Å²) in [4.78, 5) is 8.15. The molecule has 112 valence electrons. The van der Waals surface area contributed by atoms with Crippen molar-refractivity contribution in [1.82, 2.24) is 10.3 Å². The summed E-state index contributed by atoms with van der Waals surface area (Å²) in [6.45, 7) is 6.27. The van der Waals surface area contributed by atoms with Crippen LogP contribution >= 0.6 is 11.3 Å². The van der Waals surface area contributed by atoms with Gasteiger partial charge >= 0.3 is 0 Å². The Kier molecular flexibility index (Phi) is 4.88. The van der Waals surface area contributed by atoms with Crippen LogP contribution in [0.1, 0.15) is 34.7 Å². The summed E-state index contributed by atoms with van der Waals surface area (Å²) in [5.41, 5.74) is 2.71. The number of aromatic nitrogens is 1. The van der Waals surface area contributed by atoms with Crippen molar-refractivity contribution in [3.63, 3.8) is 0 Å². The number of piperidine rings is 1. The van der Waals surface area contributed by atoms with E-state index in [-0.39, 0.29) is 0 Å². The molecule has 1 saturated heterocycles. The van der Waals surface area contributed by atoms with Crippen LogP contribution in [0.15, 0.2) is 30.5 Å². The second-order valence-corrected chi connectivity index (χ2v) is 7.00. The molecule has 0 bridgehead atoms. The molecule has 0 unspecified atom stereocenters. The first-order valence-electron chi connectivity index (χ1n) is 7.77. The predicted molar refractivity (Wildman–Crippen MR) is 89.9 cm³/mol. The topological polar surface area (TPSA) is 28.2 Å². The van der Waals surface area contributed by atoms with E-state index in [1.165, 1.54) is 48.5 Å². The predicted octanol–water partition coefficient (Wildman–Crippen LogP) is 3.73. The SMILES string of the molecule is Cc1cnc(CNCc2ccc(N3CCCCC3)cc2)s1. The molecule has 21 heavy (non-hydrogen) atoms. The Labute approximate surface area is 131 Å². The van der Waals surface area contributed by atoms with Gasteiger partial charge in [0.2, 0.25) is 0 Å². The highest BCUT2D eigenvalue weighted by Gasteiger charge is 2.10. The van der Waals surface area contributed by atoms with Crippen molar-refractivity contribution in [3.05, 3.63) is 45.9 Å². The van der Waals surface area contributed by atoms with E-state index in [9.17, 15) is 0 Å². The first-order chi connectivity index (χ1) is 10.3. The lowest BCUT2D eigenvalue weighted by atomic mass is 10.1. The molecule has 0 atom stereocenters. The van der Waals surface area contributed by atoms with Crippen LogP contribution in [-0.4, -0.2) is 18.1 Å². The Morgan fingerprint density at radius 1 is 1.10 bits per heavy atom. The zero-order valence-electron chi connectivity index (χ0n) is 12.6. The van der Waals surface area contributed by atoms with Gasteiger partial charge in [-0.3, -0.25) is 0 Å². The maximum absolute atomic E-state index is 4.37. The summed E-state index contributed by atoms with van der Waals surface area (Å²) in [5.74, 6) is 0. The highest BCUT2D eigenvalue weighted by Crippen LogP contribution is 2.20. The van der Waals surface area contributed by atoms with Crippen LogP contribution in [-0.2, 0) is 13.1 Å². The van der Waals surface area contributed by atoms with Crippen LogP contribution in [0.2, 0.25) is 0 Å². The molecular formula is C17H23N3S. The molecule has 1 aromatic carbocycles. The fraction of sp³-hybridized carbons (Fsp3) is 0.471. The third-order valence-electron chi connectivity index (χ3n) is 3.93. The average Bonchev–Trinajstić information content (AvgIpc) is 2.94. The highest BCUT2D eigenvalue weighted by molar-refractivity contribution is 7.11. The van der Waals surface area contributed by atoms with Crippen molar-refractivity contribution < 1.29 is 0 Å². The maximum atomic E-state index is 4.37. The second kappa shape index (κ2) is 7.05. The third-order valence-corrected chi connectivity index (χ3v) is 4.84. The summed E-state index contributed by atoms with van der Waals surface area (Å²) < 4.78 is 0. The van der Waals surface area contributed by atoms with E-state index in [4.69, 9.17) is 0 Å². The summed E-state index contributed by atoms with van der Waals surface area (Å²) in [6, 6.07) is 9.00. The first kappa shape index (κ1) is 14.5. The van der Waals surface area contributed by atoms with E-state index in [0.717, 1.165) is 18.1 Å². The molecule has 0 saturated carbocycles. The van der Waals surface area contributed by atoms with Crippen LogP contribution in [0.25, 0.3) is 0 Å². The molecule has 4 heteroatoms. The Hall–Kier alpha value is -1.39. The minimum absolute atomic E-state index is 0.854. The molecule has 2 aromatic rings. The lowest BCUT2D eigenvalue weighted by Gasteiger charge is -2.28. The Morgan fingerprint density at radius 2 is 1.86 bits per heavy atom. The van der Waals surface area contributed by atoms with Gasteiger partial charge in [-0.25, -0.2) is 4.98 Å². The van der Waals surface area contributed by atoms with Crippen LogP contribution < -0.4 is 10.2 Å². The minimum Gasteiger partial charge on any atom is -0.372 e. The Bertz CT molecular complexity index is 556. The lowest BCUT2D eigenvalue weighted by molar-refractivity contribution is 0.578. The normalized spacial score (nSPS) is 15.4. The molecule has 2 heterocycles. The van der Waals surface area contributed by atoms with Gasteiger partial charge in [0.05, 0.1) is 0 Å². The number of nitrogens with zero attached hydrogens (tertiary/aromatic N) is 2. The van der Waals surface area contributed by atoms with Gasteiger partial charge in [0.1, 0.15) is 5.01 Å². The number of hydrogen-bond acceptors (Lipinski definition) is 4. The largest absolute Gasteiger partial charge is 0.372 e. The summed E-state index contributed by atoms with van der Waals surface area (Å²) in [5, 5.41) is 4.63. The average molecular weight is 301 g/mol. The second-order valence-electron chi connectivity index (χ2n) is 5.68. The van der Waals surface area contributed by atoms with Gasteiger partial charge in [-0.2, -0.15) is 0 Å². The number of rotatable bonds is 5. The fourth-order valence-electron chi connectivity index (χ4n) is 2.77. The van der Waals surface area contributed by atoms with E-state index < -0.39 is 0 Å². The molecule has 0 spiro atoms. The number of anilines is 1. The fourth-order valence-corrected chi connectivity index (χ4v) is 3.53. The van der Waals surface area contributed by atoms with Gasteiger partial charge in [0, 0.05) is 42.9 Å². The van der Waals surface area contributed by atoms with Gasteiger partial charge < -0.3 is 10.2 Å². The van der Waals surface area contributed by atoms with Crippen molar-refractivity contribution in [2.24, 2.45) is 0 Å². The number of aryl methyl sites for hydroxylation is 1. The van der Waals surface area contributed by atoms with E-state index in [2.05, 4.69) is 46.4 Å². The van der Waals surface area contributed by atoms with Crippen molar-refractivity contribution in [2.75, 3.05) is 18.0 Å². The summed E-state index contributed by atoms with van der Waals surface area (Å²) >= 11 is 1.76. The number of benzene rings is 1. The smallest absolute Gasteiger partial charge is 0.107 e. The van der Waals surface area contributed by atoms with Crippen LogP contribution in [0.4, 0.5) is 5.69 Å². The van der Waals surface area contributed by atoms with Crippen LogP contribution in [0.3, 0.4) is 0 Å². The van der Waals surface area contributed by atoms with Gasteiger partial charge in [-0.15, -0.1) is 11.3 Å². The quantitative estimate of drug-likeness (QED) is 0.912. The summed E-state index contributed by atoms with van der Waals surface area (Å²) in [7, 11) is 0. The Morgan fingerprint density at radius 3 is 2.52 bits per heavy atom. The molecule has 1 aliphatic rings.